The van der Waals surface area contributed by atoms with Gasteiger partial charge in [0.1, 0.15) is 6.10 Å². The maximum Gasteiger partial charge on any atom is 0.407 e. The number of carbonyl (C=O) groups excluding carboxylic acids is 1. The topological polar surface area (TPSA) is 47.6 Å². The zero-order valence-corrected chi connectivity index (χ0v) is 17.6. The molecule has 1 aliphatic rings. The Morgan fingerprint density at radius 3 is 1.93 bits per heavy atom. The third kappa shape index (κ3) is 3.94. The largest absolute Gasteiger partial charge is 0.444 e. The summed E-state index contributed by atoms with van der Waals surface area (Å²) in [5.74, 6) is 0. The number of alkyl carbamates (subject to hydrolysis) is 1. The molecule has 1 amide bonds. The van der Waals surface area contributed by atoms with Crippen molar-refractivity contribution in [1.82, 2.24) is 5.32 Å². The van der Waals surface area contributed by atoms with Crippen LogP contribution in [0, 0.1) is 0 Å². The first kappa shape index (κ1) is 19.6. The summed E-state index contributed by atoms with van der Waals surface area (Å²) in [4.78, 5) is 11.5. The highest BCUT2D eigenvalue weighted by atomic mass is 28.4. The number of hydrogen-bond donors (Lipinski definition) is 1. The smallest absolute Gasteiger partial charge is 0.407 e. The summed E-state index contributed by atoms with van der Waals surface area (Å²) < 4.78 is 12.2. The summed E-state index contributed by atoms with van der Waals surface area (Å²) in [5.41, 5.74) is 0. The third-order valence-electron chi connectivity index (χ3n) is 5.30. The van der Waals surface area contributed by atoms with E-state index in [0.717, 1.165) is 0 Å². The van der Waals surface area contributed by atoms with Gasteiger partial charge in [-0.25, -0.2) is 4.79 Å². The van der Waals surface area contributed by atoms with Crippen molar-refractivity contribution < 1.29 is 14.0 Å². The summed E-state index contributed by atoms with van der Waals surface area (Å²) in [6, 6.07) is 21.2. The Kier molecular flexibility index (Phi) is 5.72. The monoisotopic (exact) mass is 383 g/mol. The molecule has 1 heterocycles. The summed E-state index contributed by atoms with van der Waals surface area (Å²) >= 11 is 0. The van der Waals surface area contributed by atoms with Crippen molar-refractivity contribution in [3.63, 3.8) is 0 Å². The van der Waals surface area contributed by atoms with Gasteiger partial charge < -0.3 is 14.5 Å². The van der Waals surface area contributed by atoms with E-state index in [1.165, 1.54) is 10.4 Å². The van der Waals surface area contributed by atoms with Crippen molar-refractivity contribution in [3.05, 3.63) is 60.7 Å². The first-order chi connectivity index (χ1) is 12.8. The van der Waals surface area contributed by atoms with E-state index in [9.17, 15) is 4.79 Å². The lowest BCUT2D eigenvalue weighted by molar-refractivity contribution is 0.114. The Labute approximate surface area is 163 Å². The molecule has 1 saturated heterocycles. The fourth-order valence-corrected chi connectivity index (χ4v) is 8.53. The molecular weight excluding hydrogens is 354 g/mol. The van der Waals surface area contributed by atoms with Crippen LogP contribution < -0.4 is 15.7 Å². The van der Waals surface area contributed by atoms with Crippen LogP contribution in [0.15, 0.2) is 60.7 Å². The van der Waals surface area contributed by atoms with Crippen molar-refractivity contribution >= 4 is 24.8 Å². The van der Waals surface area contributed by atoms with E-state index < -0.39 is 8.32 Å². The van der Waals surface area contributed by atoms with E-state index in [1.54, 1.807) is 0 Å². The standard InChI is InChI=1S/C22H29NO3Si/c1-17-20(26-21(24)23-17)15-16-25-27(22(2,3)4,18-11-7-5-8-12-18)19-13-9-6-10-14-19/h5-14,17,20H,15-16H2,1-4H3,(H,23,24)/t17-,20?/m0/s1. The highest BCUT2D eigenvalue weighted by Gasteiger charge is 2.50. The number of nitrogens with one attached hydrogen (secondary N) is 1. The van der Waals surface area contributed by atoms with Crippen molar-refractivity contribution in [2.45, 2.75) is 51.3 Å². The zero-order chi connectivity index (χ0) is 19.5. The molecule has 2 atom stereocenters. The number of amides is 1. The lowest BCUT2D eigenvalue weighted by Gasteiger charge is -2.43. The average Bonchev–Trinajstić information content (AvgIpc) is 2.96. The molecule has 1 fully saturated rings. The highest BCUT2D eigenvalue weighted by molar-refractivity contribution is 6.99. The molecule has 144 valence electrons. The summed E-state index contributed by atoms with van der Waals surface area (Å²) in [5, 5.41) is 5.28. The van der Waals surface area contributed by atoms with E-state index in [0.29, 0.717) is 13.0 Å². The third-order valence-corrected chi connectivity index (χ3v) is 10.3. The molecule has 4 nitrogen and oxygen atoms in total. The van der Waals surface area contributed by atoms with Crippen LogP contribution in [-0.2, 0) is 9.16 Å². The molecule has 0 aromatic heterocycles. The number of hydrogen-bond acceptors (Lipinski definition) is 3. The Balaban J connectivity index is 1.93. The number of benzene rings is 2. The van der Waals surface area contributed by atoms with Crippen molar-refractivity contribution in [2.75, 3.05) is 6.61 Å². The van der Waals surface area contributed by atoms with Gasteiger partial charge in [-0.15, -0.1) is 0 Å². The van der Waals surface area contributed by atoms with Gasteiger partial charge in [-0.2, -0.15) is 0 Å². The van der Waals surface area contributed by atoms with Gasteiger partial charge in [-0.3, -0.25) is 0 Å². The van der Waals surface area contributed by atoms with Crippen LogP contribution in [0.1, 0.15) is 34.1 Å². The molecule has 2 aromatic carbocycles. The molecule has 2 aromatic rings. The molecule has 5 heteroatoms. The Morgan fingerprint density at radius 1 is 1.00 bits per heavy atom. The van der Waals surface area contributed by atoms with Gasteiger partial charge in [-0.1, -0.05) is 81.4 Å². The van der Waals surface area contributed by atoms with E-state index >= 15 is 0 Å². The lowest BCUT2D eigenvalue weighted by Crippen LogP contribution is -2.66. The number of rotatable bonds is 6. The van der Waals surface area contributed by atoms with Crippen LogP contribution in [0.25, 0.3) is 0 Å². The second-order valence-electron chi connectivity index (χ2n) is 8.18. The van der Waals surface area contributed by atoms with Gasteiger partial charge >= 0.3 is 6.09 Å². The molecule has 0 radical (unpaired) electrons. The SMILES string of the molecule is C[C@@H]1NC(=O)OC1CCO[Si](c1ccccc1)(c1ccccc1)C(C)(C)C. The Hall–Kier alpha value is -2.11. The molecule has 1 N–H and O–H groups in total. The normalized spacial score (nSPS) is 20.2. The predicted molar refractivity (Wildman–Crippen MR) is 111 cm³/mol. The van der Waals surface area contributed by atoms with E-state index in [-0.39, 0.29) is 23.3 Å². The van der Waals surface area contributed by atoms with Crippen LogP contribution >= 0.6 is 0 Å². The molecule has 1 aliphatic heterocycles. The second kappa shape index (κ2) is 7.86. The molecule has 0 bridgehead atoms. The summed E-state index contributed by atoms with van der Waals surface area (Å²) in [6.45, 7) is 9.31. The fourth-order valence-electron chi connectivity index (χ4n) is 3.95. The maximum atomic E-state index is 11.5. The molecule has 3 rings (SSSR count). The van der Waals surface area contributed by atoms with Gasteiger partial charge in [0.25, 0.3) is 8.32 Å². The zero-order valence-electron chi connectivity index (χ0n) is 16.6. The van der Waals surface area contributed by atoms with Crippen molar-refractivity contribution in [3.8, 4) is 0 Å². The Morgan fingerprint density at radius 2 is 1.52 bits per heavy atom. The molecule has 1 unspecified atom stereocenters. The van der Waals surface area contributed by atoms with E-state index in [4.69, 9.17) is 9.16 Å². The first-order valence-electron chi connectivity index (χ1n) is 9.57. The van der Waals surface area contributed by atoms with Crippen LogP contribution in [0.4, 0.5) is 4.79 Å². The summed E-state index contributed by atoms with van der Waals surface area (Å²) in [6.07, 6.45) is 0.207. The van der Waals surface area contributed by atoms with Gasteiger partial charge in [0.15, 0.2) is 0 Å². The van der Waals surface area contributed by atoms with Gasteiger partial charge in [0, 0.05) is 13.0 Å². The second-order valence-corrected chi connectivity index (χ2v) is 12.5. The highest BCUT2D eigenvalue weighted by Crippen LogP contribution is 2.37. The first-order valence-corrected chi connectivity index (χ1v) is 11.5. The van der Waals surface area contributed by atoms with Crippen LogP contribution in [0.3, 0.4) is 0 Å². The lowest BCUT2D eigenvalue weighted by atomic mass is 10.1. The Bertz CT molecular complexity index is 719. The minimum absolute atomic E-state index is 0.0141. The minimum atomic E-state index is -2.52. The van der Waals surface area contributed by atoms with E-state index in [2.05, 4.69) is 74.6 Å². The fraction of sp³-hybridized carbons (Fsp3) is 0.409. The molecule has 0 spiro atoms. The number of carbonyl (C=O) groups is 1. The van der Waals surface area contributed by atoms with Crippen molar-refractivity contribution in [1.29, 1.82) is 0 Å². The maximum absolute atomic E-state index is 11.5. The van der Waals surface area contributed by atoms with Crippen molar-refractivity contribution in [2.24, 2.45) is 0 Å². The van der Waals surface area contributed by atoms with Crippen LogP contribution in [0.2, 0.25) is 5.04 Å². The molecule has 27 heavy (non-hydrogen) atoms. The average molecular weight is 384 g/mol. The van der Waals surface area contributed by atoms with Crippen LogP contribution in [0.5, 0.6) is 0 Å². The van der Waals surface area contributed by atoms with Gasteiger partial charge in [-0.05, 0) is 22.3 Å². The summed E-state index contributed by atoms with van der Waals surface area (Å²) in [7, 11) is -2.52. The molecule has 0 aliphatic carbocycles. The molecule has 0 saturated carbocycles. The molecular formula is C22H29NO3Si. The van der Waals surface area contributed by atoms with Gasteiger partial charge in [0.05, 0.1) is 6.04 Å². The minimum Gasteiger partial charge on any atom is -0.444 e. The number of cyclic esters (lactones) is 1. The number of ether oxygens (including phenoxy) is 1. The van der Waals surface area contributed by atoms with Crippen LogP contribution in [-0.4, -0.2) is 33.2 Å². The predicted octanol–water partition coefficient (Wildman–Crippen LogP) is 3.45. The van der Waals surface area contributed by atoms with Gasteiger partial charge in [0.2, 0.25) is 0 Å². The van der Waals surface area contributed by atoms with E-state index in [1.807, 2.05) is 19.1 Å². The quantitative estimate of drug-likeness (QED) is 0.777.